The Bertz CT molecular complexity index is 498. The van der Waals surface area contributed by atoms with E-state index in [1.807, 2.05) is 0 Å². The van der Waals surface area contributed by atoms with E-state index in [1.165, 1.54) is 63.7 Å². The summed E-state index contributed by atoms with van der Waals surface area (Å²) in [4.78, 5) is 5.06. The highest BCUT2D eigenvalue weighted by Gasteiger charge is 2.21. The van der Waals surface area contributed by atoms with Crippen molar-refractivity contribution in [1.82, 2.24) is 9.80 Å². The zero-order chi connectivity index (χ0) is 16.6. The Morgan fingerprint density at radius 2 is 1.77 bits per heavy atom. The van der Waals surface area contributed by atoms with Crippen LogP contribution >= 0.6 is 24.8 Å². The van der Waals surface area contributed by atoms with Crippen LogP contribution in [0.1, 0.15) is 44.1 Å². The monoisotopic (exact) mass is 403 g/mol. The van der Waals surface area contributed by atoms with Crippen molar-refractivity contribution in [2.45, 2.75) is 51.1 Å². The molecule has 0 aromatic heterocycles. The Morgan fingerprint density at radius 1 is 1.00 bits per heavy atom. The second kappa shape index (κ2) is 12.8. The zero-order valence-corrected chi connectivity index (χ0v) is 17.4. The highest BCUT2D eigenvalue weighted by Crippen LogP contribution is 2.21. The molecule has 3 rings (SSSR count). The summed E-state index contributed by atoms with van der Waals surface area (Å²) < 4.78 is 6.01. The number of halogens is 2. The first-order valence-corrected chi connectivity index (χ1v) is 9.73. The van der Waals surface area contributed by atoms with Gasteiger partial charge < -0.3 is 10.5 Å². The molecule has 1 aromatic rings. The SMILES string of the molecule is Cl.Cl.NCC1CCCCN1Cc1cccc(OCCN2CCCCC2)c1. The summed E-state index contributed by atoms with van der Waals surface area (Å²) in [7, 11) is 0. The molecule has 0 bridgehead atoms. The third kappa shape index (κ3) is 7.24. The minimum absolute atomic E-state index is 0. The van der Waals surface area contributed by atoms with Crippen LogP contribution in [0.25, 0.3) is 0 Å². The van der Waals surface area contributed by atoms with E-state index < -0.39 is 0 Å². The number of piperidine rings is 2. The first-order chi connectivity index (χ1) is 11.8. The van der Waals surface area contributed by atoms with Gasteiger partial charge in [-0.3, -0.25) is 9.80 Å². The number of rotatable bonds is 7. The summed E-state index contributed by atoms with van der Waals surface area (Å²) in [6, 6.07) is 9.16. The van der Waals surface area contributed by atoms with Gasteiger partial charge in [-0.25, -0.2) is 0 Å². The van der Waals surface area contributed by atoms with Crippen LogP contribution in [-0.2, 0) is 6.54 Å². The molecule has 2 aliphatic heterocycles. The fourth-order valence-corrected chi connectivity index (χ4v) is 3.98. The van der Waals surface area contributed by atoms with E-state index in [2.05, 4.69) is 34.1 Å². The van der Waals surface area contributed by atoms with Crippen molar-refractivity contribution in [2.75, 3.05) is 39.3 Å². The molecule has 1 aromatic carbocycles. The number of likely N-dealkylation sites (tertiary alicyclic amines) is 2. The molecule has 2 saturated heterocycles. The lowest BCUT2D eigenvalue weighted by atomic mass is 10.0. The van der Waals surface area contributed by atoms with Gasteiger partial charge in [0.05, 0.1) is 0 Å². The molecular formula is C20H35Cl2N3O. The second-order valence-electron chi connectivity index (χ2n) is 7.25. The molecule has 1 atom stereocenters. The molecule has 2 N–H and O–H groups in total. The normalized spacial score (nSPS) is 21.5. The number of hydrogen-bond donors (Lipinski definition) is 1. The minimum Gasteiger partial charge on any atom is -0.492 e. The van der Waals surface area contributed by atoms with Crippen LogP contribution in [0.2, 0.25) is 0 Å². The zero-order valence-electron chi connectivity index (χ0n) is 15.8. The summed E-state index contributed by atoms with van der Waals surface area (Å²) in [5, 5.41) is 0. The summed E-state index contributed by atoms with van der Waals surface area (Å²) in [6.07, 6.45) is 7.92. The topological polar surface area (TPSA) is 41.7 Å². The molecule has 0 radical (unpaired) electrons. The van der Waals surface area contributed by atoms with Crippen LogP contribution in [0.15, 0.2) is 24.3 Å². The number of ether oxygens (including phenoxy) is 1. The third-order valence-corrected chi connectivity index (χ3v) is 5.43. The van der Waals surface area contributed by atoms with Crippen molar-refractivity contribution in [3.05, 3.63) is 29.8 Å². The highest BCUT2D eigenvalue weighted by molar-refractivity contribution is 5.85. The molecule has 2 fully saturated rings. The number of benzene rings is 1. The van der Waals surface area contributed by atoms with Gasteiger partial charge in [0, 0.05) is 25.7 Å². The third-order valence-electron chi connectivity index (χ3n) is 5.43. The number of nitrogens with zero attached hydrogens (tertiary/aromatic N) is 2. The minimum atomic E-state index is 0. The van der Waals surface area contributed by atoms with Crippen molar-refractivity contribution in [3.63, 3.8) is 0 Å². The van der Waals surface area contributed by atoms with Crippen molar-refractivity contribution in [2.24, 2.45) is 5.73 Å². The van der Waals surface area contributed by atoms with E-state index in [4.69, 9.17) is 10.5 Å². The van der Waals surface area contributed by atoms with Crippen molar-refractivity contribution < 1.29 is 4.74 Å². The van der Waals surface area contributed by atoms with Crippen LogP contribution < -0.4 is 10.5 Å². The van der Waals surface area contributed by atoms with Gasteiger partial charge in [0.15, 0.2) is 0 Å². The molecule has 1 unspecified atom stereocenters. The molecule has 26 heavy (non-hydrogen) atoms. The first kappa shape index (κ1) is 23.5. The van der Waals surface area contributed by atoms with Crippen molar-refractivity contribution in [3.8, 4) is 5.75 Å². The van der Waals surface area contributed by atoms with Gasteiger partial charge in [-0.2, -0.15) is 0 Å². The maximum absolute atomic E-state index is 6.01. The van der Waals surface area contributed by atoms with Crippen LogP contribution in [0.3, 0.4) is 0 Å². The van der Waals surface area contributed by atoms with Gasteiger partial charge in [-0.15, -0.1) is 24.8 Å². The fourth-order valence-electron chi connectivity index (χ4n) is 3.98. The van der Waals surface area contributed by atoms with Gasteiger partial charge >= 0.3 is 0 Å². The van der Waals surface area contributed by atoms with Gasteiger partial charge in [0.2, 0.25) is 0 Å². The molecule has 0 spiro atoms. The Morgan fingerprint density at radius 3 is 2.54 bits per heavy atom. The quantitative estimate of drug-likeness (QED) is 0.753. The fraction of sp³-hybridized carbons (Fsp3) is 0.700. The summed E-state index contributed by atoms with van der Waals surface area (Å²) in [5.74, 6) is 1.01. The van der Waals surface area contributed by atoms with E-state index in [9.17, 15) is 0 Å². The van der Waals surface area contributed by atoms with E-state index in [0.29, 0.717) is 6.04 Å². The molecule has 6 heteroatoms. The van der Waals surface area contributed by atoms with Crippen LogP contribution in [0.5, 0.6) is 5.75 Å². The molecule has 0 saturated carbocycles. The molecule has 0 amide bonds. The van der Waals surface area contributed by atoms with Crippen molar-refractivity contribution >= 4 is 24.8 Å². The van der Waals surface area contributed by atoms with Gasteiger partial charge in [0.1, 0.15) is 12.4 Å². The van der Waals surface area contributed by atoms with Crippen LogP contribution in [-0.4, -0.2) is 55.2 Å². The maximum atomic E-state index is 6.01. The average Bonchev–Trinajstić information content (AvgIpc) is 2.63. The maximum Gasteiger partial charge on any atom is 0.119 e. The summed E-state index contributed by atoms with van der Waals surface area (Å²) in [6.45, 7) is 7.24. The largest absolute Gasteiger partial charge is 0.492 e. The summed E-state index contributed by atoms with van der Waals surface area (Å²) >= 11 is 0. The summed E-state index contributed by atoms with van der Waals surface area (Å²) in [5.41, 5.74) is 7.28. The van der Waals surface area contributed by atoms with Crippen LogP contribution in [0, 0.1) is 0 Å². The predicted octanol–water partition coefficient (Wildman–Crippen LogP) is 3.71. The Labute approximate surface area is 171 Å². The van der Waals surface area contributed by atoms with Gasteiger partial charge in [-0.1, -0.05) is 25.0 Å². The average molecular weight is 404 g/mol. The van der Waals surface area contributed by atoms with E-state index in [0.717, 1.165) is 32.0 Å². The van der Waals surface area contributed by atoms with Gasteiger partial charge in [-0.05, 0) is 63.0 Å². The van der Waals surface area contributed by atoms with E-state index >= 15 is 0 Å². The lowest BCUT2D eigenvalue weighted by molar-refractivity contribution is 0.144. The van der Waals surface area contributed by atoms with Crippen LogP contribution in [0.4, 0.5) is 0 Å². The highest BCUT2D eigenvalue weighted by atomic mass is 35.5. The Balaban J connectivity index is 0.00000169. The van der Waals surface area contributed by atoms with E-state index in [1.54, 1.807) is 0 Å². The number of hydrogen-bond acceptors (Lipinski definition) is 4. The van der Waals surface area contributed by atoms with E-state index in [-0.39, 0.29) is 24.8 Å². The lowest BCUT2D eigenvalue weighted by Crippen LogP contribution is -2.43. The Hall–Kier alpha value is -0.520. The lowest BCUT2D eigenvalue weighted by Gasteiger charge is -2.35. The smallest absolute Gasteiger partial charge is 0.119 e. The van der Waals surface area contributed by atoms with Gasteiger partial charge in [0.25, 0.3) is 0 Å². The Kier molecular flexibility index (Phi) is 11.6. The molecule has 4 nitrogen and oxygen atoms in total. The number of nitrogens with two attached hydrogens (primary N) is 1. The molecule has 150 valence electrons. The van der Waals surface area contributed by atoms with Crippen molar-refractivity contribution in [1.29, 1.82) is 0 Å². The molecule has 0 aliphatic carbocycles. The predicted molar refractivity (Wildman–Crippen MR) is 114 cm³/mol. The molecular weight excluding hydrogens is 369 g/mol. The standard InChI is InChI=1S/C20H33N3O.2ClH/c21-16-19-8-2-5-12-23(19)17-18-7-6-9-20(15-18)24-14-13-22-10-3-1-4-11-22;;/h6-7,9,15,19H,1-5,8,10-14,16-17,21H2;2*1H. The molecule has 2 aliphatic rings. The second-order valence-corrected chi connectivity index (χ2v) is 7.25. The molecule has 2 heterocycles. The first-order valence-electron chi connectivity index (χ1n) is 9.73.